The minimum Gasteiger partial charge on any atom is -0.314 e. The fraction of sp³-hybridized carbons (Fsp3) is 0.533. The number of rotatable bonds is 4. The van der Waals surface area contributed by atoms with Crippen LogP contribution >= 0.6 is 0 Å². The van der Waals surface area contributed by atoms with Gasteiger partial charge in [0, 0.05) is 38.6 Å². The molecule has 1 heterocycles. The Morgan fingerprint density at radius 1 is 1.28 bits per heavy atom. The smallest absolute Gasteiger partial charge is 0.136 e. The number of ketones is 1. The van der Waals surface area contributed by atoms with Gasteiger partial charge in [-0.2, -0.15) is 0 Å². The molecule has 0 aliphatic carbocycles. The summed E-state index contributed by atoms with van der Waals surface area (Å²) in [7, 11) is 0. The Hall–Kier alpha value is -1.19. The maximum absolute atomic E-state index is 11.3. The summed E-state index contributed by atoms with van der Waals surface area (Å²) in [6.45, 7) is 9.03. The quantitative estimate of drug-likeness (QED) is 0.879. The van der Waals surface area contributed by atoms with Gasteiger partial charge in [-0.25, -0.2) is 0 Å². The molecular formula is C15H22N2O. The van der Waals surface area contributed by atoms with Gasteiger partial charge >= 0.3 is 0 Å². The number of Topliss-reactive ketones (excluding diaryl/α,β-unsaturated/α-hetero) is 1. The molecule has 1 aromatic carbocycles. The van der Waals surface area contributed by atoms with E-state index in [4.69, 9.17) is 0 Å². The first-order valence-electron chi connectivity index (χ1n) is 6.69. The molecule has 1 aliphatic rings. The topological polar surface area (TPSA) is 32.3 Å². The van der Waals surface area contributed by atoms with Gasteiger partial charge in [0.1, 0.15) is 5.78 Å². The summed E-state index contributed by atoms with van der Waals surface area (Å²) in [5, 5.41) is 3.36. The summed E-state index contributed by atoms with van der Waals surface area (Å²) in [5.74, 6) is 0.239. The van der Waals surface area contributed by atoms with E-state index in [0.717, 1.165) is 38.3 Å². The zero-order chi connectivity index (χ0) is 13.0. The van der Waals surface area contributed by atoms with E-state index in [9.17, 15) is 4.79 Å². The average Bonchev–Trinajstić information content (AvgIpc) is 2.40. The fourth-order valence-corrected chi connectivity index (χ4v) is 2.27. The third kappa shape index (κ3) is 3.40. The van der Waals surface area contributed by atoms with Crippen LogP contribution in [-0.4, -0.2) is 36.9 Å². The van der Waals surface area contributed by atoms with Crippen LogP contribution < -0.4 is 5.32 Å². The van der Waals surface area contributed by atoms with E-state index in [1.807, 2.05) is 6.92 Å². The normalized spacial score (nSPS) is 18.6. The van der Waals surface area contributed by atoms with Gasteiger partial charge in [0.05, 0.1) is 0 Å². The lowest BCUT2D eigenvalue weighted by Gasteiger charge is -2.27. The van der Waals surface area contributed by atoms with Crippen molar-refractivity contribution in [3.8, 4) is 0 Å². The van der Waals surface area contributed by atoms with Crippen molar-refractivity contribution in [1.29, 1.82) is 0 Å². The van der Waals surface area contributed by atoms with Crippen molar-refractivity contribution in [3.63, 3.8) is 0 Å². The van der Waals surface area contributed by atoms with Crippen LogP contribution in [0.15, 0.2) is 24.3 Å². The highest BCUT2D eigenvalue weighted by Crippen LogP contribution is 2.17. The van der Waals surface area contributed by atoms with Crippen LogP contribution in [0.5, 0.6) is 0 Å². The van der Waals surface area contributed by atoms with E-state index < -0.39 is 0 Å². The van der Waals surface area contributed by atoms with Crippen LogP contribution in [0, 0.1) is 0 Å². The molecule has 1 saturated heterocycles. The van der Waals surface area contributed by atoms with E-state index in [0.29, 0.717) is 0 Å². The average molecular weight is 246 g/mol. The van der Waals surface area contributed by atoms with Gasteiger partial charge < -0.3 is 5.32 Å². The highest BCUT2D eigenvalue weighted by molar-refractivity contribution is 5.82. The van der Waals surface area contributed by atoms with Gasteiger partial charge in [-0.05, 0) is 18.1 Å². The summed E-state index contributed by atoms with van der Waals surface area (Å²) in [6, 6.07) is 8.47. The molecule has 1 N–H and O–H groups in total. The van der Waals surface area contributed by atoms with Crippen molar-refractivity contribution in [2.75, 3.05) is 26.2 Å². The molecule has 3 nitrogen and oxygen atoms in total. The standard InChI is InChI=1S/C15H22N2O/c1-12(13(2)18)15-5-3-14(4-6-15)11-17-9-7-16-8-10-17/h3-6,12,16H,7-11H2,1-2H3. The molecule has 0 radical (unpaired) electrons. The lowest BCUT2D eigenvalue weighted by Crippen LogP contribution is -2.42. The Balaban J connectivity index is 1.96. The van der Waals surface area contributed by atoms with Crippen LogP contribution in [-0.2, 0) is 11.3 Å². The highest BCUT2D eigenvalue weighted by atomic mass is 16.1. The molecule has 1 aromatic rings. The molecule has 0 bridgehead atoms. The van der Waals surface area contributed by atoms with Crippen molar-refractivity contribution in [1.82, 2.24) is 10.2 Å². The number of piperazine rings is 1. The van der Waals surface area contributed by atoms with E-state index in [-0.39, 0.29) is 11.7 Å². The Morgan fingerprint density at radius 2 is 1.89 bits per heavy atom. The van der Waals surface area contributed by atoms with Gasteiger partial charge in [0.15, 0.2) is 0 Å². The van der Waals surface area contributed by atoms with Crippen molar-refractivity contribution in [2.24, 2.45) is 0 Å². The molecule has 98 valence electrons. The minimum absolute atomic E-state index is 0.0123. The van der Waals surface area contributed by atoms with Crippen LogP contribution in [0.2, 0.25) is 0 Å². The number of benzene rings is 1. The largest absolute Gasteiger partial charge is 0.314 e. The van der Waals surface area contributed by atoms with Crippen LogP contribution in [0.4, 0.5) is 0 Å². The van der Waals surface area contributed by atoms with E-state index in [1.165, 1.54) is 5.56 Å². The van der Waals surface area contributed by atoms with Crippen LogP contribution in [0.3, 0.4) is 0 Å². The van der Waals surface area contributed by atoms with Gasteiger partial charge in [-0.1, -0.05) is 31.2 Å². The number of hydrogen-bond acceptors (Lipinski definition) is 3. The molecule has 0 amide bonds. The second kappa shape index (κ2) is 6.12. The molecule has 0 aromatic heterocycles. The molecule has 1 fully saturated rings. The second-order valence-electron chi connectivity index (χ2n) is 5.10. The summed E-state index contributed by atoms with van der Waals surface area (Å²) < 4.78 is 0. The Labute approximate surface area is 109 Å². The monoisotopic (exact) mass is 246 g/mol. The number of nitrogens with one attached hydrogen (secondary N) is 1. The van der Waals surface area contributed by atoms with Gasteiger partial charge in [-0.3, -0.25) is 9.69 Å². The molecule has 1 unspecified atom stereocenters. The zero-order valence-corrected chi connectivity index (χ0v) is 11.3. The summed E-state index contributed by atoms with van der Waals surface area (Å²) >= 11 is 0. The van der Waals surface area contributed by atoms with Crippen LogP contribution in [0.25, 0.3) is 0 Å². The van der Waals surface area contributed by atoms with Crippen molar-refractivity contribution >= 4 is 5.78 Å². The molecule has 2 rings (SSSR count). The molecule has 0 saturated carbocycles. The number of carbonyl (C=O) groups excluding carboxylic acids is 1. The Kier molecular flexibility index (Phi) is 4.50. The van der Waals surface area contributed by atoms with Crippen molar-refractivity contribution in [2.45, 2.75) is 26.3 Å². The number of nitrogens with zero attached hydrogens (tertiary/aromatic N) is 1. The van der Waals surface area contributed by atoms with Gasteiger partial charge in [-0.15, -0.1) is 0 Å². The zero-order valence-electron chi connectivity index (χ0n) is 11.3. The van der Waals surface area contributed by atoms with E-state index in [2.05, 4.69) is 34.5 Å². The van der Waals surface area contributed by atoms with Gasteiger partial charge in [0.2, 0.25) is 0 Å². The molecule has 3 heteroatoms. The van der Waals surface area contributed by atoms with E-state index in [1.54, 1.807) is 6.92 Å². The van der Waals surface area contributed by atoms with Crippen molar-refractivity contribution < 1.29 is 4.79 Å². The summed E-state index contributed by atoms with van der Waals surface area (Å²) in [4.78, 5) is 13.8. The fourth-order valence-electron chi connectivity index (χ4n) is 2.27. The minimum atomic E-state index is 0.0123. The predicted octanol–water partition coefficient (Wildman–Crippen LogP) is 1.78. The molecular weight excluding hydrogens is 224 g/mol. The first-order valence-corrected chi connectivity index (χ1v) is 6.69. The molecule has 1 atom stereocenters. The second-order valence-corrected chi connectivity index (χ2v) is 5.10. The third-order valence-corrected chi connectivity index (χ3v) is 3.71. The van der Waals surface area contributed by atoms with Crippen LogP contribution in [0.1, 0.15) is 30.9 Å². The number of hydrogen-bond donors (Lipinski definition) is 1. The third-order valence-electron chi connectivity index (χ3n) is 3.71. The summed E-state index contributed by atoms with van der Waals surface area (Å²) in [6.07, 6.45) is 0. The maximum atomic E-state index is 11.3. The summed E-state index contributed by atoms with van der Waals surface area (Å²) in [5.41, 5.74) is 2.45. The Morgan fingerprint density at radius 3 is 2.44 bits per heavy atom. The maximum Gasteiger partial charge on any atom is 0.136 e. The van der Waals surface area contributed by atoms with E-state index >= 15 is 0 Å². The molecule has 1 aliphatic heterocycles. The molecule has 0 spiro atoms. The lowest BCUT2D eigenvalue weighted by atomic mass is 9.96. The highest BCUT2D eigenvalue weighted by Gasteiger charge is 2.12. The van der Waals surface area contributed by atoms with Crippen molar-refractivity contribution in [3.05, 3.63) is 35.4 Å². The molecule has 18 heavy (non-hydrogen) atoms. The van der Waals surface area contributed by atoms with Gasteiger partial charge in [0.25, 0.3) is 0 Å². The number of carbonyl (C=O) groups is 1. The first-order chi connectivity index (χ1) is 8.66. The predicted molar refractivity (Wildman–Crippen MR) is 73.7 cm³/mol. The Bertz CT molecular complexity index is 393. The lowest BCUT2D eigenvalue weighted by molar-refractivity contribution is -0.118. The first kappa shape index (κ1) is 13.2. The SMILES string of the molecule is CC(=O)C(C)c1ccc(CN2CCNCC2)cc1.